The Morgan fingerprint density at radius 2 is 1.73 bits per heavy atom. The summed E-state index contributed by atoms with van der Waals surface area (Å²) >= 11 is 18.0. The molecule has 0 amide bonds. The molecule has 1 N–H and O–H groups in total. The predicted octanol–water partition coefficient (Wildman–Crippen LogP) is 6.26. The van der Waals surface area contributed by atoms with Gasteiger partial charge in [0.2, 0.25) is 0 Å². The number of H-pyrrole nitrogens is 1. The van der Waals surface area contributed by atoms with Crippen LogP contribution in [0.1, 0.15) is 30.7 Å². The lowest BCUT2D eigenvalue weighted by molar-refractivity contribution is 0.642. The molecule has 0 saturated heterocycles. The highest BCUT2D eigenvalue weighted by Gasteiger charge is 2.14. The average molecular weight is 354 g/mol. The molecule has 0 aliphatic rings. The molecule has 22 heavy (non-hydrogen) atoms. The molecule has 0 aliphatic carbocycles. The highest BCUT2D eigenvalue weighted by molar-refractivity contribution is 6.42. The molecule has 0 bridgehead atoms. The van der Waals surface area contributed by atoms with Crippen LogP contribution in [-0.4, -0.2) is 9.97 Å². The Kier molecular flexibility index (Phi) is 4.62. The maximum absolute atomic E-state index is 6.05. The van der Waals surface area contributed by atoms with Crippen molar-refractivity contribution in [2.45, 2.75) is 25.7 Å². The van der Waals surface area contributed by atoms with Crippen molar-refractivity contribution in [3.8, 4) is 0 Å². The molecular formula is C17H15Cl3N2. The second kappa shape index (κ2) is 6.49. The quantitative estimate of drug-likeness (QED) is 0.589. The number of halogens is 3. The normalized spacial score (nSPS) is 12.7. The summed E-state index contributed by atoms with van der Waals surface area (Å²) in [6.07, 6.45) is 1.86. The van der Waals surface area contributed by atoms with Gasteiger partial charge in [0.15, 0.2) is 0 Å². The Morgan fingerprint density at radius 1 is 1.05 bits per heavy atom. The summed E-state index contributed by atoms with van der Waals surface area (Å²) in [5.41, 5.74) is 3.02. The number of imidazole rings is 1. The predicted molar refractivity (Wildman–Crippen MR) is 94.3 cm³/mol. The van der Waals surface area contributed by atoms with E-state index >= 15 is 0 Å². The van der Waals surface area contributed by atoms with Gasteiger partial charge in [0.05, 0.1) is 21.1 Å². The summed E-state index contributed by atoms with van der Waals surface area (Å²) in [6, 6.07) is 11.6. The van der Waals surface area contributed by atoms with Crippen molar-refractivity contribution in [1.29, 1.82) is 0 Å². The number of aromatic nitrogens is 2. The fourth-order valence-electron chi connectivity index (χ4n) is 2.62. The number of aromatic amines is 1. The van der Waals surface area contributed by atoms with E-state index in [0.717, 1.165) is 34.7 Å². The van der Waals surface area contributed by atoms with Gasteiger partial charge in [-0.05, 0) is 42.2 Å². The molecule has 0 fully saturated rings. The maximum Gasteiger partial charge on any atom is 0.107 e. The summed E-state index contributed by atoms with van der Waals surface area (Å²) in [7, 11) is 0. The van der Waals surface area contributed by atoms with Crippen LogP contribution in [0.2, 0.25) is 15.1 Å². The van der Waals surface area contributed by atoms with E-state index in [1.807, 2.05) is 18.2 Å². The van der Waals surface area contributed by atoms with Crippen molar-refractivity contribution in [2.75, 3.05) is 0 Å². The van der Waals surface area contributed by atoms with Crippen LogP contribution >= 0.6 is 34.8 Å². The number of nitrogens with one attached hydrogen (secondary N) is 1. The SMILES string of the molecule is CCC(Cc1nc2cc(Cl)c(Cl)cc2[nH]1)c1ccc(Cl)cc1. The third-order valence-corrected chi connectivity index (χ3v) is 4.82. The van der Waals surface area contributed by atoms with Crippen molar-refractivity contribution >= 4 is 45.8 Å². The van der Waals surface area contributed by atoms with Gasteiger partial charge in [0, 0.05) is 11.4 Å². The van der Waals surface area contributed by atoms with Crippen LogP contribution in [0.15, 0.2) is 36.4 Å². The Hall–Kier alpha value is -1.22. The van der Waals surface area contributed by atoms with E-state index in [2.05, 4.69) is 29.0 Å². The third kappa shape index (κ3) is 3.24. The van der Waals surface area contributed by atoms with Crippen LogP contribution in [0.25, 0.3) is 11.0 Å². The average Bonchev–Trinajstić information content (AvgIpc) is 2.87. The number of rotatable bonds is 4. The van der Waals surface area contributed by atoms with E-state index in [1.165, 1.54) is 5.56 Å². The highest BCUT2D eigenvalue weighted by Crippen LogP contribution is 2.29. The first-order valence-corrected chi connectivity index (χ1v) is 8.29. The summed E-state index contributed by atoms with van der Waals surface area (Å²) in [6.45, 7) is 2.18. The minimum absolute atomic E-state index is 0.392. The Morgan fingerprint density at radius 3 is 2.41 bits per heavy atom. The van der Waals surface area contributed by atoms with Gasteiger partial charge in [-0.25, -0.2) is 4.98 Å². The van der Waals surface area contributed by atoms with Crippen LogP contribution < -0.4 is 0 Å². The third-order valence-electron chi connectivity index (χ3n) is 3.85. The molecule has 2 aromatic carbocycles. The Balaban J connectivity index is 1.88. The monoisotopic (exact) mass is 352 g/mol. The standard InChI is InChI=1S/C17H15Cl3N2/c1-2-10(11-3-5-12(18)6-4-11)7-17-21-15-8-13(19)14(20)9-16(15)22-17/h3-6,8-10H,2,7H2,1H3,(H,21,22). The molecule has 0 aliphatic heterocycles. The number of nitrogens with zero attached hydrogens (tertiary/aromatic N) is 1. The molecule has 5 heteroatoms. The lowest BCUT2D eigenvalue weighted by atomic mass is 9.93. The fraction of sp³-hybridized carbons (Fsp3) is 0.235. The van der Waals surface area contributed by atoms with Crippen LogP contribution in [0, 0.1) is 0 Å². The van der Waals surface area contributed by atoms with Crippen molar-refractivity contribution in [3.05, 3.63) is 62.9 Å². The number of hydrogen-bond acceptors (Lipinski definition) is 1. The molecule has 2 nitrogen and oxygen atoms in total. The van der Waals surface area contributed by atoms with Crippen molar-refractivity contribution in [2.24, 2.45) is 0 Å². The van der Waals surface area contributed by atoms with E-state index in [0.29, 0.717) is 16.0 Å². The zero-order valence-electron chi connectivity index (χ0n) is 12.0. The highest BCUT2D eigenvalue weighted by atomic mass is 35.5. The Bertz CT molecular complexity index is 755. The molecule has 1 aromatic heterocycles. The summed E-state index contributed by atoms with van der Waals surface area (Å²) in [4.78, 5) is 7.95. The molecule has 1 atom stereocenters. The van der Waals surface area contributed by atoms with Gasteiger partial charge in [-0.15, -0.1) is 0 Å². The molecule has 0 spiro atoms. The van der Waals surface area contributed by atoms with E-state index < -0.39 is 0 Å². The number of benzene rings is 2. The zero-order chi connectivity index (χ0) is 15.7. The Labute approximate surface area is 144 Å². The molecular weight excluding hydrogens is 339 g/mol. The maximum atomic E-state index is 6.05. The van der Waals surface area contributed by atoms with Gasteiger partial charge >= 0.3 is 0 Å². The summed E-state index contributed by atoms with van der Waals surface area (Å²) < 4.78 is 0. The van der Waals surface area contributed by atoms with Gasteiger partial charge in [0.25, 0.3) is 0 Å². The lowest BCUT2D eigenvalue weighted by Gasteiger charge is -2.13. The molecule has 114 valence electrons. The van der Waals surface area contributed by atoms with Gasteiger partial charge in [-0.2, -0.15) is 0 Å². The van der Waals surface area contributed by atoms with Crippen molar-refractivity contribution in [1.82, 2.24) is 9.97 Å². The second-order valence-electron chi connectivity index (χ2n) is 5.33. The van der Waals surface area contributed by atoms with Gasteiger partial charge in [-0.3, -0.25) is 0 Å². The number of hydrogen-bond donors (Lipinski definition) is 1. The smallest absolute Gasteiger partial charge is 0.107 e. The first-order chi connectivity index (χ1) is 10.6. The van der Waals surface area contributed by atoms with Crippen LogP contribution in [0.5, 0.6) is 0 Å². The molecule has 1 heterocycles. The minimum Gasteiger partial charge on any atom is -0.342 e. The van der Waals surface area contributed by atoms with Crippen molar-refractivity contribution < 1.29 is 0 Å². The van der Waals surface area contributed by atoms with Crippen molar-refractivity contribution in [3.63, 3.8) is 0 Å². The van der Waals surface area contributed by atoms with E-state index in [-0.39, 0.29) is 0 Å². The zero-order valence-corrected chi connectivity index (χ0v) is 14.3. The van der Waals surface area contributed by atoms with Crippen LogP contribution in [0.4, 0.5) is 0 Å². The summed E-state index contributed by atoms with van der Waals surface area (Å²) in [5, 5.41) is 1.82. The first-order valence-electron chi connectivity index (χ1n) is 7.16. The van der Waals surface area contributed by atoms with E-state index in [9.17, 15) is 0 Å². The molecule has 3 aromatic rings. The van der Waals surface area contributed by atoms with E-state index in [4.69, 9.17) is 34.8 Å². The lowest BCUT2D eigenvalue weighted by Crippen LogP contribution is -2.03. The molecule has 1 unspecified atom stereocenters. The molecule has 0 saturated carbocycles. The number of fused-ring (bicyclic) bond motifs is 1. The van der Waals surface area contributed by atoms with Crippen LogP contribution in [0.3, 0.4) is 0 Å². The van der Waals surface area contributed by atoms with Crippen LogP contribution in [-0.2, 0) is 6.42 Å². The fourth-order valence-corrected chi connectivity index (χ4v) is 3.07. The summed E-state index contributed by atoms with van der Waals surface area (Å²) in [5.74, 6) is 1.33. The first kappa shape index (κ1) is 15.7. The molecule has 0 radical (unpaired) electrons. The van der Waals surface area contributed by atoms with Gasteiger partial charge < -0.3 is 4.98 Å². The van der Waals surface area contributed by atoms with Gasteiger partial charge in [0.1, 0.15) is 5.82 Å². The van der Waals surface area contributed by atoms with Gasteiger partial charge in [-0.1, -0.05) is 53.9 Å². The molecule has 3 rings (SSSR count). The second-order valence-corrected chi connectivity index (χ2v) is 6.58. The largest absolute Gasteiger partial charge is 0.342 e. The minimum atomic E-state index is 0.392. The van der Waals surface area contributed by atoms with E-state index in [1.54, 1.807) is 6.07 Å². The topological polar surface area (TPSA) is 28.7 Å².